The maximum absolute atomic E-state index is 12.6. The Bertz CT molecular complexity index is 1110. The summed E-state index contributed by atoms with van der Waals surface area (Å²) in [7, 11) is 3.37. The van der Waals surface area contributed by atoms with Gasteiger partial charge in [-0.25, -0.2) is 0 Å². The number of benzene rings is 1. The molecule has 1 heterocycles. The van der Waals surface area contributed by atoms with E-state index in [1.807, 2.05) is 41.5 Å². The van der Waals surface area contributed by atoms with Crippen LogP contribution in [-0.2, 0) is 16.0 Å². The monoisotopic (exact) mass is 512 g/mol. The average Bonchev–Trinajstić information content (AvgIpc) is 3.24. The number of carbonyl (C=O) groups is 3. The topological polar surface area (TPSA) is 130 Å². The number of carbonyl (C=O) groups excluding carboxylic acids is 3. The summed E-state index contributed by atoms with van der Waals surface area (Å²) in [5.74, 6) is 0.516. The molecule has 0 bridgehead atoms. The third-order valence-corrected chi connectivity index (χ3v) is 5.20. The molecule has 202 valence electrons. The minimum atomic E-state index is -0.283. The lowest BCUT2D eigenvalue weighted by Gasteiger charge is -2.24. The zero-order chi connectivity index (χ0) is 27.8. The summed E-state index contributed by atoms with van der Waals surface area (Å²) in [6.45, 7) is 12.4. The number of aliphatic imine (C=N–C) groups is 1. The lowest BCUT2D eigenvalue weighted by molar-refractivity contribution is -0.121. The maximum atomic E-state index is 12.6. The molecule has 0 saturated carbocycles. The molecule has 2 rings (SSSR count). The van der Waals surface area contributed by atoms with Gasteiger partial charge in [0.15, 0.2) is 0 Å². The SMILES string of the molecule is CNC(=O)c1ccc(-c2noc(CCCN(C)C(=NC(=O)CC(C)(C)C)NC(=O)CC(C)(C)C)n2)cc1. The van der Waals surface area contributed by atoms with Gasteiger partial charge in [-0.05, 0) is 29.4 Å². The molecule has 0 unspecified atom stereocenters. The van der Waals surface area contributed by atoms with Crippen LogP contribution in [0.25, 0.3) is 11.4 Å². The minimum Gasteiger partial charge on any atom is -0.355 e. The van der Waals surface area contributed by atoms with Gasteiger partial charge in [0.1, 0.15) is 0 Å². The molecule has 0 aliphatic rings. The van der Waals surface area contributed by atoms with Crippen LogP contribution in [0.2, 0.25) is 0 Å². The Hall–Kier alpha value is -3.56. The van der Waals surface area contributed by atoms with Gasteiger partial charge in [0.25, 0.3) is 5.91 Å². The van der Waals surface area contributed by atoms with Crippen LogP contribution < -0.4 is 10.6 Å². The van der Waals surface area contributed by atoms with Gasteiger partial charge in [-0.15, -0.1) is 0 Å². The van der Waals surface area contributed by atoms with E-state index in [-0.39, 0.29) is 40.9 Å². The van der Waals surface area contributed by atoms with Crippen molar-refractivity contribution in [3.05, 3.63) is 35.7 Å². The molecule has 2 aromatic rings. The van der Waals surface area contributed by atoms with E-state index in [0.717, 1.165) is 5.56 Å². The highest BCUT2D eigenvalue weighted by atomic mass is 16.5. The van der Waals surface area contributed by atoms with E-state index in [2.05, 4.69) is 25.8 Å². The van der Waals surface area contributed by atoms with Gasteiger partial charge in [-0.3, -0.25) is 19.7 Å². The van der Waals surface area contributed by atoms with Crippen molar-refractivity contribution >= 4 is 23.7 Å². The fourth-order valence-corrected chi connectivity index (χ4v) is 3.43. The first kappa shape index (κ1) is 29.7. The highest BCUT2D eigenvalue weighted by Gasteiger charge is 2.21. The van der Waals surface area contributed by atoms with Crippen LogP contribution in [0.4, 0.5) is 0 Å². The molecule has 0 aliphatic heterocycles. The van der Waals surface area contributed by atoms with Gasteiger partial charge < -0.3 is 14.7 Å². The summed E-state index contributed by atoms with van der Waals surface area (Å²) >= 11 is 0. The second-order valence-electron chi connectivity index (χ2n) is 11.5. The summed E-state index contributed by atoms with van der Waals surface area (Å²) in [5, 5.41) is 9.43. The van der Waals surface area contributed by atoms with E-state index in [1.54, 1.807) is 43.3 Å². The summed E-state index contributed by atoms with van der Waals surface area (Å²) in [4.78, 5) is 47.2. The third kappa shape index (κ3) is 10.5. The van der Waals surface area contributed by atoms with Crippen LogP contribution in [0.5, 0.6) is 0 Å². The second-order valence-corrected chi connectivity index (χ2v) is 11.5. The van der Waals surface area contributed by atoms with Gasteiger partial charge in [0, 0.05) is 51.0 Å². The molecule has 0 atom stereocenters. The van der Waals surface area contributed by atoms with Crippen LogP contribution in [0.3, 0.4) is 0 Å². The van der Waals surface area contributed by atoms with Crippen molar-refractivity contribution in [2.45, 2.75) is 67.2 Å². The zero-order valence-corrected chi connectivity index (χ0v) is 23.3. The number of aromatic nitrogens is 2. The smallest absolute Gasteiger partial charge is 0.251 e. The quantitative estimate of drug-likeness (QED) is 0.406. The van der Waals surface area contributed by atoms with Crippen molar-refractivity contribution < 1.29 is 18.9 Å². The first-order valence-electron chi connectivity index (χ1n) is 12.4. The number of nitrogens with one attached hydrogen (secondary N) is 2. The van der Waals surface area contributed by atoms with Crippen LogP contribution in [0.15, 0.2) is 33.8 Å². The molecular formula is C27H40N6O4. The van der Waals surface area contributed by atoms with E-state index in [1.165, 1.54) is 0 Å². The van der Waals surface area contributed by atoms with Gasteiger partial charge >= 0.3 is 0 Å². The van der Waals surface area contributed by atoms with Gasteiger partial charge in [-0.1, -0.05) is 58.8 Å². The Morgan fingerprint density at radius 1 is 1.00 bits per heavy atom. The van der Waals surface area contributed by atoms with E-state index < -0.39 is 0 Å². The first-order valence-corrected chi connectivity index (χ1v) is 12.4. The van der Waals surface area contributed by atoms with Gasteiger partial charge in [-0.2, -0.15) is 9.98 Å². The number of aryl methyl sites for hydroxylation is 1. The average molecular weight is 513 g/mol. The number of amides is 3. The Morgan fingerprint density at radius 3 is 2.19 bits per heavy atom. The van der Waals surface area contributed by atoms with Crippen molar-refractivity contribution in [2.24, 2.45) is 15.8 Å². The summed E-state index contributed by atoms with van der Waals surface area (Å²) in [6.07, 6.45) is 1.72. The molecule has 0 aliphatic carbocycles. The lowest BCUT2D eigenvalue weighted by atomic mass is 9.92. The first-order chi connectivity index (χ1) is 17.2. The molecular weight excluding hydrogens is 472 g/mol. The van der Waals surface area contributed by atoms with E-state index in [4.69, 9.17) is 4.52 Å². The summed E-state index contributed by atoms with van der Waals surface area (Å²) in [5.41, 5.74) is 0.888. The lowest BCUT2D eigenvalue weighted by Crippen LogP contribution is -2.44. The van der Waals surface area contributed by atoms with Crippen LogP contribution in [0, 0.1) is 10.8 Å². The van der Waals surface area contributed by atoms with Gasteiger partial charge in [0.2, 0.25) is 29.5 Å². The molecule has 10 heteroatoms. The largest absolute Gasteiger partial charge is 0.355 e. The fourth-order valence-electron chi connectivity index (χ4n) is 3.43. The molecule has 10 nitrogen and oxygen atoms in total. The molecule has 0 spiro atoms. The number of hydrogen-bond donors (Lipinski definition) is 2. The van der Waals surface area contributed by atoms with Crippen molar-refractivity contribution in [3.8, 4) is 11.4 Å². The third-order valence-electron chi connectivity index (χ3n) is 5.20. The van der Waals surface area contributed by atoms with Gasteiger partial charge in [0.05, 0.1) is 0 Å². The molecule has 1 aromatic heterocycles. The normalized spacial score (nSPS) is 12.3. The van der Waals surface area contributed by atoms with E-state index in [9.17, 15) is 14.4 Å². The van der Waals surface area contributed by atoms with Crippen LogP contribution in [-0.4, -0.2) is 59.4 Å². The number of rotatable bonds is 8. The van der Waals surface area contributed by atoms with Crippen LogP contribution in [0.1, 0.15) is 77.1 Å². The molecule has 3 amide bonds. The maximum Gasteiger partial charge on any atom is 0.251 e. The van der Waals surface area contributed by atoms with E-state index >= 15 is 0 Å². The Balaban J connectivity index is 2.02. The molecule has 0 radical (unpaired) electrons. The van der Waals surface area contributed by atoms with E-state index in [0.29, 0.717) is 43.1 Å². The Morgan fingerprint density at radius 2 is 1.62 bits per heavy atom. The summed E-state index contributed by atoms with van der Waals surface area (Å²) in [6, 6.07) is 6.94. The molecule has 2 N–H and O–H groups in total. The minimum absolute atomic E-state index is 0.165. The van der Waals surface area contributed by atoms with Crippen molar-refractivity contribution in [1.29, 1.82) is 0 Å². The molecule has 0 fully saturated rings. The predicted octanol–water partition coefficient (Wildman–Crippen LogP) is 3.83. The Kier molecular flexibility index (Phi) is 10.1. The number of hydrogen-bond acceptors (Lipinski definition) is 6. The zero-order valence-electron chi connectivity index (χ0n) is 23.3. The van der Waals surface area contributed by atoms with Crippen molar-refractivity contribution in [2.75, 3.05) is 20.6 Å². The predicted molar refractivity (Wildman–Crippen MR) is 143 cm³/mol. The number of nitrogens with zero attached hydrogens (tertiary/aromatic N) is 4. The van der Waals surface area contributed by atoms with Crippen molar-refractivity contribution in [3.63, 3.8) is 0 Å². The molecule has 37 heavy (non-hydrogen) atoms. The Labute approximate surface area is 219 Å². The number of guanidine groups is 1. The highest BCUT2D eigenvalue weighted by molar-refractivity contribution is 6.02. The summed E-state index contributed by atoms with van der Waals surface area (Å²) < 4.78 is 5.39. The van der Waals surface area contributed by atoms with Crippen LogP contribution >= 0.6 is 0 Å². The highest BCUT2D eigenvalue weighted by Crippen LogP contribution is 2.20. The standard InChI is InChI=1S/C27H40N6O4/c1-26(2,3)16-20(34)29-25(30-21(35)17-27(4,5)6)33(8)15-9-10-22-31-23(32-37-22)18-11-13-19(14-12-18)24(36)28-7/h11-14H,9-10,15-17H2,1-8H3,(H,28,36)(H,29,30,34,35). The molecule has 1 aromatic carbocycles. The second kappa shape index (κ2) is 12.6. The molecule has 0 saturated heterocycles. The fraction of sp³-hybridized carbons (Fsp3) is 0.556. The van der Waals surface area contributed by atoms with Crippen molar-refractivity contribution in [1.82, 2.24) is 25.7 Å².